The molecule has 5 nitrogen and oxygen atoms in total. The number of hydrogen-bond donors (Lipinski definition) is 1. The van der Waals surface area contributed by atoms with Crippen LogP contribution in [0.15, 0.2) is 65.9 Å². The fourth-order valence-corrected chi connectivity index (χ4v) is 4.68. The standard InChI is InChI=1S/C25H20F6N2O3/c1-22(2)12-17-19(18(34)13-22)23(25(29,30)31,21(36)33(17)16-9-4-3-5-10-16)32-20(35)14-7-6-8-15(11-14)24(26,27)28/h3-11H,12-13H2,1-2H3,(H,32,35)/t23-/m0/s1. The van der Waals surface area contributed by atoms with Crippen LogP contribution in [0.5, 0.6) is 0 Å². The van der Waals surface area contributed by atoms with Gasteiger partial charge < -0.3 is 5.32 Å². The number of hydrogen-bond acceptors (Lipinski definition) is 3. The number of para-hydroxylation sites is 1. The van der Waals surface area contributed by atoms with Crippen LogP contribution in [-0.4, -0.2) is 29.3 Å². The lowest BCUT2D eigenvalue weighted by atomic mass is 9.72. The van der Waals surface area contributed by atoms with Gasteiger partial charge in [-0.25, -0.2) is 0 Å². The molecule has 1 aliphatic heterocycles. The molecule has 1 heterocycles. The second-order valence-corrected chi connectivity index (χ2v) is 9.52. The van der Waals surface area contributed by atoms with Crippen LogP contribution >= 0.6 is 0 Å². The number of halogens is 6. The van der Waals surface area contributed by atoms with Gasteiger partial charge >= 0.3 is 12.4 Å². The topological polar surface area (TPSA) is 66.5 Å². The van der Waals surface area contributed by atoms with E-state index in [1.165, 1.54) is 24.3 Å². The van der Waals surface area contributed by atoms with Crippen LogP contribution in [-0.2, 0) is 15.8 Å². The maximum Gasteiger partial charge on any atom is 0.425 e. The Labute approximate surface area is 201 Å². The fourth-order valence-electron chi connectivity index (χ4n) is 4.68. The van der Waals surface area contributed by atoms with Crippen molar-refractivity contribution in [1.29, 1.82) is 0 Å². The van der Waals surface area contributed by atoms with Crippen molar-refractivity contribution in [1.82, 2.24) is 5.32 Å². The Hall–Kier alpha value is -3.63. The molecule has 0 saturated carbocycles. The summed E-state index contributed by atoms with van der Waals surface area (Å²) < 4.78 is 83.8. The highest BCUT2D eigenvalue weighted by atomic mass is 19.4. The Kier molecular flexibility index (Phi) is 5.81. The molecule has 0 radical (unpaired) electrons. The van der Waals surface area contributed by atoms with Crippen LogP contribution < -0.4 is 10.2 Å². The first kappa shape index (κ1) is 25.5. The molecule has 0 fully saturated rings. The lowest BCUT2D eigenvalue weighted by Gasteiger charge is -2.35. The van der Waals surface area contributed by atoms with E-state index >= 15 is 0 Å². The zero-order valence-corrected chi connectivity index (χ0v) is 19.1. The highest BCUT2D eigenvalue weighted by Gasteiger charge is 2.72. The third kappa shape index (κ3) is 4.06. The third-order valence-electron chi connectivity index (χ3n) is 6.21. The third-order valence-corrected chi connectivity index (χ3v) is 6.21. The van der Waals surface area contributed by atoms with Gasteiger partial charge in [0.2, 0.25) is 5.54 Å². The summed E-state index contributed by atoms with van der Waals surface area (Å²) in [6.07, 6.45) is -10.7. The highest BCUT2D eigenvalue weighted by molar-refractivity contribution is 6.21. The normalized spacial score (nSPS) is 22.1. The summed E-state index contributed by atoms with van der Waals surface area (Å²) in [5, 5.41) is 1.63. The number of benzene rings is 2. The van der Waals surface area contributed by atoms with Gasteiger partial charge in [-0.15, -0.1) is 0 Å². The number of anilines is 1. The Morgan fingerprint density at radius 1 is 0.917 bits per heavy atom. The maximum atomic E-state index is 14.8. The minimum atomic E-state index is -5.48. The van der Waals surface area contributed by atoms with Crippen LogP contribution in [0.2, 0.25) is 0 Å². The van der Waals surface area contributed by atoms with Crippen molar-refractivity contribution >= 4 is 23.3 Å². The first-order chi connectivity index (χ1) is 16.6. The van der Waals surface area contributed by atoms with E-state index in [9.17, 15) is 40.7 Å². The molecule has 11 heteroatoms. The molecule has 4 rings (SSSR count). The number of nitrogens with one attached hydrogen (secondary N) is 1. The molecule has 0 spiro atoms. The summed E-state index contributed by atoms with van der Waals surface area (Å²) >= 11 is 0. The van der Waals surface area contributed by atoms with Crippen LogP contribution in [0, 0.1) is 5.41 Å². The van der Waals surface area contributed by atoms with E-state index in [0.29, 0.717) is 12.1 Å². The van der Waals surface area contributed by atoms with E-state index in [1.807, 2.05) is 0 Å². The molecule has 2 aromatic carbocycles. The number of nitrogens with zero attached hydrogens (tertiary/aromatic N) is 1. The van der Waals surface area contributed by atoms with Crippen LogP contribution in [0.3, 0.4) is 0 Å². The van der Waals surface area contributed by atoms with Crippen LogP contribution in [0.1, 0.15) is 42.6 Å². The molecule has 0 saturated heterocycles. The Morgan fingerprint density at radius 3 is 2.14 bits per heavy atom. The minimum Gasteiger partial charge on any atom is -0.326 e. The largest absolute Gasteiger partial charge is 0.425 e. The first-order valence-corrected chi connectivity index (χ1v) is 10.8. The number of Topliss-reactive ketones (excluding diaryl/α,β-unsaturated/α-hetero) is 1. The molecule has 2 aromatic rings. The van der Waals surface area contributed by atoms with Gasteiger partial charge in [0, 0.05) is 23.4 Å². The summed E-state index contributed by atoms with van der Waals surface area (Å²) in [7, 11) is 0. The summed E-state index contributed by atoms with van der Waals surface area (Å²) in [6, 6.07) is 10.1. The van der Waals surface area contributed by atoms with Gasteiger partial charge in [0.05, 0.1) is 11.1 Å². The molecule has 1 N–H and O–H groups in total. The van der Waals surface area contributed by atoms with E-state index in [0.717, 1.165) is 17.0 Å². The Morgan fingerprint density at radius 2 is 1.56 bits per heavy atom. The number of alkyl halides is 6. The quantitative estimate of drug-likeness (QED) is 0.561. The minimum absolute atomic E-state index is 0.0555. The average molecular weight is 510 g/mol. The van der Waals surface area contributed by atoms with E-state index < -0.39 is 57.6 Å². The summed E-state index contributed by atoms with van der Waals surface area (Å²) in [5.41, 5.74) is -7.61. The van der Waals surface area contributed by atoms with Crippen molar-refractivity contribution in [2.45, 2.75) is 44.6 Å². The van der Waals surface area contributed by atoms with Crippen LogP contribution in [0.25, 0.3) is 0 Å². The van der Waals surface area contributed by atoms with Gasteiger partial charge in [-0.3, -0.25) is 19.3 Å². The molecular weight excluding hydrogens is 490 g/mol. The molecule has 2 amide bonds. The predicted molar refractivity (Wildman–Crippen MR) is 117 cm³/mol. The fraction of sp³-hybridized carbons (Fsp3) is 0.320. The molecule has 2 aliphatic rings. The van der Waals surface area contributed by atoms with Gasteiger partial charge in [-0.2, -0.15) is 26.3 Å². The maximum absolute atomic E-state index is 14.8. The highest BCUT2D eigenvalue weighted by Crippen LogP contribution is 2.52. The number of carbonyl (C=O) groups excluding carboxylic acids is 3. The lowest BCUT2D eigenvalue weighted by Crippen LogP contribution is -2.66. The van der Waals surface area contributed by atoms with Gasteiger partial charge in [-0.05, 0) is 42.2 Å². The molecule has 0 unspecified atom stereocenters. The second kappa shape index (κ2) is 8.21. The zero-order chi connectivity index (χ0) is 26.7. The molecule has 36 heavy (non-hydrogen) atoms. The van der Waals surface area contributed by atoms with Gasteiger partial charge in [-0.1, -0.05) is 38.1 Å². The number of ketones is 1. The number of rotatable bonds is 3. The van der Waals surface area contributed by atoms with E-state index in [4.69, 9.17) is 0 Å². The van der Waals surface area contributed by atoms with Crippen molar-refractivity contribution in [2.24, 2.45) is 5.41 Å². The number of amides is 2. The Balaban J connectivity index is 1.91. The predicted octanol–water partition coefficient (Wildman–Crippen LogP) is 5.43. The summed E-state index contributed by atoms with van der Waals surface area (Å²) in [4.78, 5) is 40.5. The van der Waals surface area contributed by atoms with Crippen LogP contribution in [0.4, 0.5) is 32.0 Å². The molecule has 0 aromatic heterocycles. The van der Waals surface area contributed by atoms with Crippen molar-refractivity contribution in [3.63, 3.8) is 0 Å². The summed E-state index contributed by atoms with van der Waals surface area (Å²) in [5.74, 6) is -4.18. The smallest absolute Gasteiger partial charge is 0.326 e. The van der Waals surface area contributed by atoms with Crippen molar-refractivity contribution in [3.8, 4) is 0 Å². The zero-order valence-electron chi connectivity index (χ0n) is 19.1. The monoisotopic (exact) mass is 510 g/mol. The second-order valence-electron chi connectivity index (χ2n) is 9.52. The van der Waals surface area contributed by atoms with Gasteiger partial charge in [0.15, 0.2) is 5.78 Å². The van der Waals surface area contributed by atoms with Gasteiger partial charge in [0.25, 0.3) is 11.8 Å². The molecule has 190 valence electrons. The molecule has 0 bridgehead atoms. The number of allylic oxidation sites excluding steroid dienone is 1. The van der Waals surface area contributed by atoms with Crippen molar-refractivity contribution < 1.29 is 40.7 Å². The van der Waals surface area contributed by atoms with Crippen molar-refractivity contribution in [2.75, 3.05) is 4.90 Å². The van der Waals surface area contributed by atoms with Crippen molar-refractivity contribution in [3.05, 3.63) is 77.0 Å². The molecule has 1 aliphatic carbocycles. The Bertz CT molecular complexity index is 1280. The van der Waals surface area contributed by atoms with Gasteiger partial charge in [0.1, 0.15) is 0 Å². The molecular formula is C25H20F6N2O3. The molecule has 1 atom stereocenters. The van der Waals surface area contributed by atoms with E-state index in [-0.39, 0.29) is 24.2 Å². The summed E-state index contributed by atoms with van der Waals surface area (Å²) in [6.45, 7) is 3.33. The lowest BCUT2D eigenvalue weighted by molar-refractivity contribution is -0.186. The van der Waals surface area contributed by atoms with E-state index in [2.05, 4.69) is 0 Å². The average Bonchev–Trinajstić information content (AvgIpc) is 3.01. The van der Waals surface area contributed by atoms with E-state index in [1.54, 1.807) is 25.2 Å². The first-order valence-electron chi connectivity index (χ1n) is 10.8. The SMILES string of the molecule is CC1(C)CC(=O)C2=C(C1)N(c1ccccc1)C(=O)[C@]2(NC(=O)c1cccc(C(F)(F)F)c1)C(F)(F)F. The number of carbonyl (C=O) groups is 3.